The molecule has 3 aromatic heterocycles. The topological polar surface area (TPSA) is 98.2 Å². The minimum atomic E-state index is -0.448. The Kier molecular flexibility index (Phi) is 7.14. The van der Waals surface area contributed by atoms with Gasteiger partial charge in [-0.2, -0.15) is 0 Å². The maximum absolute atomic E-state index is 13.7. The van der Waals surface area contributed by atoms with Crippen LogP contribution in [-0.4, -0.2) is 62.1 Å². The predicted molar refractivity (Wildman–Crippen MR) is 142 cm³/mol. The Labute approximate surface area is 219 Å². The van der Waals surface area contributed by atoms with Gasteiger partial charge in [0.15, 0.2) is 5.82 Å². The number of aromatic amines is 1. The number of benzene rings is 1. The van der Waals surface area contributed by atoms with Crippen molar-refractivity contribution >= 4 is 22.2 Å². The quantitative estimate of drug-likeness (QED) is 0.358. The first-order chi connectivity index (χ1) is 18.2. The molecule has 0 bridgehead atoms. The van der Waals surface area contributed by atoms with Gasteiger partial charge >= 0.3 is 0 Å². The molecule has 0 saturated carbocycles. The Morgan fingerprint density at radius 2 is 2.00 bits per heavy atom. The van der Waals surface area contributed by atoms with Gasteiger partial charge in [-0.3, -0.25) is 9.69 Å². The van der Waals surface area contributed by atoms with E-state index >= 15 is 0 Å². The zero-order chi connectivity index (χ0) is 25.2. The van der Waals surface area contributed by atoms with Gasteiger partial charge in [0.1, 0.15) is 6.04 Å². The highest BCUT2D eigenvalue weighted by Gasteiger charge is 2.34. The zero-order valence-electron chi connectivity index (χ0n) is 21.0. The highest BCUT2D eigenvalue weighted by Crippen LogP contribution is 2.31. The van der Waals surface area contributed by atoms with Crippen LogP contribution < -0.4 is 5.56 Å². The number of H-pyrrole nitrogens is 1. The number of aryl methyl sites for hydroxylation is 1. The van der Waals surface area contributed by atoms with Gasteiger partial charge in [-0.1, -0.05) is 24.3 Å². The summed E-state index contributed by atoms with van der Waals surface area (Å²) in [5.74, 6) is 0.655. The molecule has 9 nitrogen and oxygen atoms in total. The Morgan fingerprint density at radius 1 is 1.16 bits per heavy atom. The van der Waals surface area contributed by atoms with Gasteiger partial charge < -0.3 is 14.5 Å². The van der Waals surface area contributed by atoms with Crippen LogP contribution in [0.5, 0.6) is 0 Å². The van der Waals surface area contributed by atoms with Crippen molar-refractivity contribution in [3.8, 4) is 0 Å². The second-order valence-corrected chi connectivity index (χ2v) is 11.0. The molecule has 37 heavy (non-hydrogen) atoms. The SMILES string of the molecule is Cc1cccc2cc([C@H](c3nnnn3C[C@H]3CCCO3)N(Cc3cccs3)C[C@@H]3CCCO3)c(=O)[nH]c12. The summed E-state index contributed by atoms with van der Waals surface area (Å²) in [5.41, 5.74) is 2.41. The van der Waals surface area contributed by atoms with Crippen LogP contribution in [0.15, 0.2) is 46.6 Å². The second kappa shape index (κ2) is 10.8. The fraction of sp³-hybridized carbons (Fsp3) is 0.481. The van der Waals surface area contributed by atoms with Crippen LogP contribution in [-0.2, 0) is 22.6 Å². The lowest BCUT2D eigenvalue weighted by atomic mass is 10.0. The number of aromatic nitrogens is 5. The molecule has 10 heteroatoms. The van der Waals surface area contributed by atoms with Crippen LogP contribution in [0.25, 0.3) is 10.9 Å². The van der Waals surface area contributed by atoms with Crippen LogP contribution in [0, 0.1) is 6.92 Å². The molecular weight excluding hydrogens is 488 g/mol. The third-order valence-electron chi connectivity index (χ3n) is 7.38. The normalized spacial score (nSPS) is 20.8. The molecule has 0 amide bonds. The lowest BCUT2D eigenvalue weighted by Gasteiger charge is -2.32. The fourth-order valence-corrected chi connectivity index (χ4v) is 6.26. The van der Waals surface area contributed by atoms with Crippen molar-refractivity contribution in [2.24, 2.45) is 0 Å². The molecule has 2 aliphatic heterocycles. The summed E-state index contributed by atoms with van der Waals surface area (Å²) in [6.45, 7) is 5.46. The number of ether oxygens (including phenoxy) is 2. The molecule has 3 atom stereocenters. The van der Waals surface area contributed by atoms with Crippen molar-refractivity contribution < 1.29 is 9.47 Å². The van der Waals surface area contributed by atoms with E-state index in [1.165, 1.54) is 4.88 Å². The number of pyridine rings is 1. The molecule has 4 aromatic rings. The van der Waals surface area contributed by atoms with Crippen LogP contribution >= 0.6 is 11.3 Å². The first kappa shape index (κ1) is 24.4. The summed E-state index contributed by atoms with van der Waals surface area (Å²) in [4.78, 5) is 20.4. The summed E-state index contributed by atoms with van der Waals surface area (Å²) in [5, 5.41) is 16.0. The van der Waals surface area contributed by atoms with Gasteiger partial charge in [0.2, 0.25) is 0 Å². The molecule has 0 aliphatic carbocycles. The lowest BCUT2D eigenvalue weighted by Crippen LogP contribution is -2.39. The Morgan fingerprint density at radius 3 is 2.76 bits per heavy atom. The Bertz CT molecular complexity index is 1390. The van der Waals surface area contributed by atoms with Crippen molar-refractivity contribution in [3.63, 3.8) is 0 Å². The highest BCUT2D eigenvalue weighted by molar-refractivity contribution is 7.09. The average Bonchev–Trinajstić information content (AvgIpc) is 3.71. The molecule has 1 N–H and O–H groups in total. The standard InChI is InChI=1S/C27H32N6O3S/c1-18-6-2-7-19-14-23(27(34)28-24(18)19)25(26-29-30-31-33(26)16-21-9-4-12-36-21)32(15-20-8-3-11-35-20)17-22-10-5-13-37-22/h2,5-7,10,13-14,20-21,25H,3-4,8-9,11-12,15-17H2,1H3,(H,28,34)/t20-,21+,25+/m0/s1. The maximum Gasteiger partial charge on any atom is 0.253 e. The number of para-hydroxylation sites is 1. The molecule has 0 unspecified atom stereocenters. The molecule has 2 aliphatic rings. The van der Waals surface area contributed by atoms with Crippen LogP contribution in [0.1, 0.15) is 53.6 Å². The van der Waals surface area contributed by atoms with E-state index in [1.54, 1.807) is 11.3 Å². The molecule has 2 saturated heterocycles. The molecule has 5 heterocycles. The number of nitrogens with zero attached hydrogens (tertiary/aromatic N) is 5. The summed E-state index contributed by atoms with van der Waals surface area (Å²) in [6, 6.07) is 11.8. The Hall–Kier alpha value is -2.92. The van der Waals surface area contributed by atoms with Gasteiger partial charge in [-0.05, 0) is 71.5 Å². The summed E-state index contributed by atoms with van der Waals surface area (Å²) in [6.07, 6.45) is 4.25. The molecular formula is C27H32N6O3S. The van der Waals surface area contributed by atoms with Gasteiger partial charge in [0.25, 0.3) is 5.56 Å². The fourth-order valence-electron chi connectivity index (χ4n) is 5.53. The van der Waals surface area contributed by atoms with Crippen molar-refractivity contribution in [1.29, 1.82) is 0 Å². The zero-order valence-corrected chi connectivity index (χ0v) is 21.8. The monoisotopic (exact) mass is 520 g/mol. The Balaban J connectivity index is 1.47. The smallest absolute Gasteiger partial charge is 0.253 e. The van der Waals surface area contributed by atoms with E-state index in [9.17, 15) is 4.79 Å². The van der Waals surface area contributed by atoms with Gasteiger partial charge in [-0.25, -0.2) is 4.68 Å². The summed E-state index contributed by atoms with van der Waals surface area (Å²) >= 11 is 1.71. The van der Waals surface area contributed by atoms with Gasteiger partial charge in [0.05, 0.1) is 24.3 Å². The summed E-state index contributed by atoms with van der Waals surface area (Å²) in [7, 11) is 0. The van der Waals surface area contributed by atoms with Gasteiger partial charge in [0, 0.05) is 36.7 Å². The minimum Gasteiger partial charge on any atom is -0.377 e. The second-order valence-electron chi connectivity index (χ2n) is 9.99. The molecule has 194 valence electrons. The van der Waals surface area contributed by atoms with Crippen LogP contribution in [0.3, 0.4) is 0 Å². The first-order valence-corrected chi connectivity index (χ1v) is 13.9. The number of thiophene rings is 1. The predicted octanol–water partition coefficient (Wildman–Crippen LogP) is 3.83. The van der Waals surface area contributed by atoms with E-state index in [0.717, 1.165) is 55.4 Å². The van der Waals surface area contributed by atoms with Gasteiger partial charge in [-0.15, -0.1) is 16.4 Å². The van der Waals surface area contributed by atoms with Crippen molar-refractivity contribution in [2.75, 3.05) is 19.8 Å². The van der Waals surface area contributed by atoms with E-state index in [4.69, 9.17) is 9.47 Å². The van der Waals surface area contributed by atoms with Crippen LogP contribution in [0.4, 0.5) is 0 Å². The number of tetrazole rings is 1. The first-order valence-electron chi connectivity index (χ1n) is 13.0. The highest BCUT2D eigenvalue weighted by atomic mass is 32.1. The molecule has 0 radical (unpaired) electrons. The molecule has 6 rings (SSSR count). The number of rotatable bonds is 9. The largest absolute Gasteiger partial charge is 0.377 e. The third kappa shape index (κ3) is 5.24. The molecule has 1 aromatic carbocycles. The minimum absolute atomic E-state index is 0.0735. The maximum atomic E-state index is 13.7. The number of nitrogens with one attached hydrogen (secondary N) is 1. The molecule has 2 fully saturated rings. The number of hydrogen-bond donors (Lipinski definition) is 1. The van der Waals surface area contributed by atoms with Crippen LogP contribution in [0.2, 0.25) is 0 Å². The van der Waals surface area contributed by atoms with E-state index < -0.39 is 6.04 Å². The van der Waals surface area contributed by atoms with E-state index in [-0.39, 0.29) is 17.8 Å². The molecule has 0 spiro atoms. The third-order valence-corrected chi connectivity index (χ3v) is 8.24. The lowest BCUT2D eigenvalue weighted by molar-refractivity contribution is 0.0559. The van der Waals surface area contributed by atoms with E-state index in [0.29, 0.717) is 31.0 Å². The van der Waals surface area contributed by atoms with Crippen molar-refractivity contribution in [3.05, 3.63) is 74.0 Å². The van der Waals surface area contributed by atoms with E-state index in [1.807, 2.05) is 35.9 Å². The number of fused-ring (bicyclic) bond motifs is 1. The van der Waals surface area contributed by atoms with E-state index in [2.05, 4.69) is 42.9 Å². The van der Waals surface area contributed by atoms with Crippen molar-refractivity contribution in [1.82, 2.24) is 30.1 Å². The summed E-state index contributed by atoms with van der Waals surface area (Å²) < 4.78 is 13.8. The van der Waals surface area contributed by atoms with Crippen molar-refractivity contribution in [2.45, 2.75) is 63.9 Å². The number of hydrogen-bond acceptors (Lipinski definition) is 8. The average molecular weight is 521 g/mol.